The third-order valence-corrected chi connectivity index (χ3v) is 7.32. The third-order valence-electron chi connectivity index (χ3n) is 5.41. The zero-order chi connectivity index (χ0) is 19.8. The van der Waals surface area contributed by atoms with Crippen LogP contribution in [0, 0.1) is 5.41 Å². The number of carbonyl (C=O) groups excluding carboxylic acids is 1. The number of carbonyl (C=O) groups is 1. The monoisotopic (exact) mass is 383 g/mol. The van der Waals surface area contributed by atoms with Crippen LogP contribution in [-0.4, -0.2) is 51.0 Å². The van der Waals surface area contributed by atoms with E-state index in [0.29, 0.717) is 18.6 Å². The fraction of sp³-hybridized carbons (Fsp3) is 0.611. The van der Waals surface area contributed by atoms with Crippen LogP contribution < -0.4 is 11.1 Å². The number of nitrogens with zero attached hydrogens (tertiary/aromatic N) is 1. The molecule has 1 fully saturated rings. The number of sulfonamides is 1. The summed E-state index contributed by atoms with van der Waals surface area (Å²) in [6.07, 6.45) is 0.377. The standard InChI is InChI=1S/C18H29N3O4S/c1-6-25-15-11-18(19,17(15,2)3)16(22)20-12-13-9-7-8-10-14(13)26(23,24)21(4)5/h7-10,15H,6,11-12,19H2,1-5H3,(H,20,22). The fourth-order valence-corrected chi connectivity index (χ4v) is 4.37. The number of amides is 1. The van der Waals surface area contributed by atoms with E-state index in [-0.39, 0.29) is 23.5 Å². The van der Waals surface area contributed by atoms with E-state index < -0.39 is 21.0 Å². The molecule has 0 aromatic heterocycles. The minimum atomic E-state index is -3.59. The van der Waals surface area contributed by atoms with Crippen molar-refractivity contribution in [3.05, 3.63) is 29.8 Å². The molecule has 2 rings (SSSR count). The van der Waals surface area contributed by atoms with Gasteiger partial charge in [-0.2, -0.15) is 0 Å². The second-order valence-electron chi connectivity index (χ2n) is 7.42. The van der Waals surface area contributed by atoms with E-state index in [0.717, 1.165) is 4.31 Å². The van der Waals surface area contributed by atoms with Gasteiger partial charge in [0.05, 0.1) is 11.0 Å². The highest BCUT2D eigenvalue weighted by Crippen LogP contribution is 2.49. The van der Waals surface area contributed by atoms with Gasteiger partial charge in [0.2, 0.25) is 15.9 Å². The molecule has 1 aromatic rings. The molecule has 2 unspecified atom stereocenters. The van der Waals surface area contributed by atoms with E-state index in [9.17, 15) is 13.2 Å². The SMILES string of the molecule is CCOC1CC(N)(C(=O)NCc2ccccc2S(=O)(=O)N(C)C)C1(C)C. The summed E-state index contributed by atoms with van der Waals surface area (Å²) < 4.78 is 31.7. The van der Waals surface area contributed by atoms with E-state index in [2.05, 4.69) is 5.32 Å². The van der Waals surface area contributed by atoms with Crippen molar-refractivity contribution in [2.45, 2.75) is 50.3 Å². The van der Waals surface area contributed by atoms with Crippen molar-refractivity contribution in [3.63, 3.8) is 0 Å². The summed E-state index contributed by atoms with van der Waals surface area (Å²) in [6, 6.07) is 6.63. The van der Waals surface area contributed by atoms with E-state index in [4.69, 9.17) is 10.5 Å². The predicted octanol–water partition coefficient (Wildman–Crippen LogP) is 1.09. The molecule has 0 aliphatic heterocycles. The lowest BCUT2D eigenvalue weighted by molar-refractivity contribution is -0.170. The average Bonchev–Trinajstić information content (AvgIpc) is 2.59. The van der Waals surface area contributed by atoms with Gasteiger partial charge in [-0.25, -0.2) is 12.7 Å². The summed E-state index contributed by atoms with van der Waals surface area (Å²) in [4.78, 5) is 12.9. The Morgan fingerprint density at radius 3 is 2.50 bits per heavy atom. The first-order valence-corrected chi connectivity index (χ1v) is 10.1. The number of nitrogens with two attached hydrogens (primary N) is 1. The molecule has 1 amide bonds. The molecular formula is C18H29N3O4S. The van der Waals surface area contributed by atoms with Gasteiger partial charge >= 0.3 is 0 Å². The van der Waals surface area contributed by atoms with Crippen LogP contribution in [0.3, 0.4) is 0 Å². The Labute approximate surface area is 155 Å². The number of hydrogen-bond donors (Lipinski definition) is 2. The summed E-state index contributed by atoms with van der Waals surface area (Å²) in [5, 5.41) is 2.81. The molecule has 1 aliphatic carbocycles. The van der Waals surface area contributed by atoms with Gasteiger partial charge in [-0.05, 0) is 18.6 Å². The summed E-state index contributed by atoms with van der Waals surface area (Å²) in [7, 11) is -0.638. The van der Waals surface area contributed by atoms with Crippen LogP contribution in [0.25, 0.3) is 0 Å². The number of nitrogens with one attached hydrogen (secondary N) is 1. The highest BCUT2D eigenvalue weighted by Gasteiger charge is 2.62. The minimum Gasteiger partial charge on any atom is -0.378 e. The first kappa shape index (κ1) is 20.8. The number of rotatable bonds is 7. The maximum Gasteiger partial charge on any atom is 0.242 e. The maximum absolute atomic E-state index is 12.7. The first-order valence-electron chi connectivity index (χ1n) is 8.67. The topological polar surface area (TPSA) is 102 Å². The largest absolute Gasteiger partial charge is 0.378 e. The van der Waals surface area contributed by atoms with Crippen molar-refractivity contribution in [1.82, 2.24) is 9.62 Å². The zero-order valence-corrected chi connectivity index (χ0v) is 16.9. The van der Waals surface area contributed by atoms with Crippen molar-refractivity contribution < 1.29 is 17.9 Å². The molecule has 7 nitrogen and oxygen atoms in total. The van der Waals surface area contributed by atoms with E-state index in [1.54, 1.807) is 18.2 Å². The number of benzene rings is 1. The summed E-state index contributed by atoms with van der Waals surface area (Å²) in [6.45, 7) is 6.41. The molecule has 1 aliphatic rings. The summed E-state index contributed by atoms with van der Waals surface area (Å²) in [5.74, 6) is -0.296. The highest BCUT2D eigenvalue weighted by molar-refractivity contribution is 7.89. The molecule has 0 heterocycles. The van der Waals surface area contributed by atoms with Crippen LogP contribution in [0.4, 0.5) is 0 Å². The Hall–Kier alpha value is -1.48. The van der Waals surface area contributed by atoms with Gasteiger partial charge in [-0.1, -0.05) is 32.0 Å². The molecule has 3 N–H and O–H groups in total. The quantitative estimate of drug-likeness (QED) is 0.734. The molecule has 0 spiro atoms. The van der Waals surface area contributed by atoms with Crippen LogP contribution in [-0.2, 0) is 26.1 Å². The number of hydrogen-bond acceptors (Lipinski definition) is 5. The Morgan fingerprint density at radius 1 is 1.35 bits per heavy atom. The van der Waals surface area contributed by atoms with Gasteiger partial charge in [0.1, 0.15) is 5.54 Å². The van der Waals surface area contributed by atoms with Gasteiger partial charge in [-0.15, -0.1) is 0 Å². The van der Waals surface area contributed by atoms with Crippen molar-refractivity contribution in [1.29, 1.82) is 0 Å². The first-order chi connectivity index (χ1) is 12.0. The minimum absolute atomic E-state index is 0.0651. The lowest BCUT2D eigenvalue weighted by Crippen LogP contribution is -2.75. The molecule has 8 heteroatoms. The normalized spacial score (nSPS) is 25.0. The molecule has 0 saturated heterocycles. The van der Waals surface area contributed by atoms with Gasteiger partial charge in [0.15, 0.2) is 0 Å². The lowest BCUT2D eigenvalue weighted by Gasteiger charge is -2.57. The second kappa shape index (κ2) is 7.26. The maximum atomic E-state index is 12.7. The van der Waals surface area contributed by atoms with Crippen molar-refractivity contribution >= 4 is 15.9 Å². The van der Waals surface area contributed by atoms with E-state index in [1.807, 2.05) is 20.8 Å². The smallest absolute Gasteiger partial charge is 0.242 e. The molecule has 146 valence electrons. The van der Waals surface area contributed by atoms with E-state index >= 15 is 0 Å². The van der Waals surface area contributed by atoms with Gasteiger partial charge in [0.25, 0.3) is 0 Å². The molecule has 0 radical (unpaired) electrons. The molecule has 1 saturated carbocycles. The average molecular weight is 384 g/mol. The van der Waals surface area contributed by atoms with Crippen LogP contribution in [0.5, 0.6) is 0 Å². The van der Waals surface area contributed by atoms with Crippen LogP contribution >= 0.6 is 0 Å². The van der Waals surface area contributed by atoms with Gasteiger partial charge < -0.3 is 15.8 Å². The second-order valence-corrected chi connectivity index (χ2v) is 9.54. The summed E-state index contributed by atoms with van der Waals surface area (Å²) >= 11 is 0. The van der Waals surface area contributed by atoms with E-state index in [1.165, 1.54) is 20.2 Å². The van der Waals surface area contributed by atoms with Crippen molar-refractivity contribution in [3.8, 4) is 0 Å². The Bertz CT molecular complexity index is 776. The molecular weight excluding hydrogens is 354 g/mol. The van der Waals surface area contributed by atoms with Crippen LogP contribution in [0.2, 0.25) is 0 Å². The molecule has 0 bridgehead atoms. The summed E-state index contributed by atoms with van der Waals surface area (Å²) in [5.41, 5.74) is 5.35. The molecule has 1 aromatic carbocycles. The fourth-order valence-electron chi connectivity index (χ4n) is 3.25. The Balaban J connectivity index is 2.15. The van der Waals surface area contributed by atoms with Crippen LogP contribution in [0.15, 0.2) is 29.2 Å². The van der Waals surface area contributed by atoms with Crippen molar-refractivity contribution in [2.75, 3.05) is 20.7 Å². The van der Waals surface area contributed by atoms with Gasteiger partial charge in [0, 0.05) is 39.1 Å². The van der Waals surface area contributed by atoms with Crippen LogP contribution in [0.1, 0.15) is 32.8 Å². The third kappa shape index (κ3) is 3.38. The molecule has 26 heavy (non-hydrogen) atoms. The van der Waals surface area contributed by atoms with Gasteiger partial charge in [-0.3, -0.25) is 4.79 Å². The highest BCUT2D eigenvalue weighted by atomic mass is 32.2. The molecule has 2 atom stereocenters. The predicted molar refractivity (Wildman–Crippen MR) is 99.9 cm³/mol. The Kier molecular flexibility index (Phi) is 5.82. The zero-order valence-electron chi connectivity index (χ0n) is 16.1. The lowest BCUT2D eigenvalue weighted by atomic mass is 9.54. The Morgan fingerprint density at radius 2 is 1.96 bits per heavy atom. The number of ether oxygens (including phenoxy) is 1. The van der Waals surface area contributed by atoms with Crippen molar-refractivity contribution in [2.24, 2.45) is 11.1 Å².